The molecule has 5 nitrogen and oxygen atoms in total. The highest BCUT2D eigenvalue weighted by Crippen LogP contribution is 2.23. The minimum absolute atomic E-state index is 0.143. The first kappa shape index (κ1) is 15.6. The molecule has 1 heterocycles. The Kier molecular flexibility index (Phi) is 5.41. The number of aromatic nitrogens is 2. The maximum atomic E-state index is 13.1. The van der Waals surface area contributed by atoms with Gasteiger partial charge in [0.1, 0.15) is 5.69 Å². The summed E-state index contributed by atoms with van der Waals surface area (Å²) in [5.74, 6) is -0.503. The van der Waals surface area contributed by atoms with Gasteiger partial charge in [-0.05, 0) is 12.8 Å². The number of carbonyl (C=O) groups is 1. The van der Waals surface area contributed by atoms with E-state index < -0.39 is 18.4 Å². The van der Waals surface area contributed by atoms with Crippen LogP contribution in [0.4, 0.5) is 8.78 Å². The number of hydrogen-bond donors (Lipinski definition) is 2. The molecule has 0 fully saturated rings. The van der Waals surface area contributed by atoms with E-state index in [-0.39, 0.29) is 23.8 Å². The van der Waals surface area contributed by atoms with Crippen molar-refractivity contribution in [3.63, 3.8) is 0 Å². The molecule has 0 bridgehead atoms. The first-order chi connectivity index (χ1) is 8.86. The molecule has 1 rings (SSSR count). The highest BCUT2D eigenvalue weighted by Gasteiger charge is 2.25. The molecule has 1 unspecified atom stereocenters. The van der Waals surface area contributed by atoms with Crippen molar-refractivity contribution < 1.29 is 18.7 Å². The molecule has 0 saturated carbocycles. The van der Waals surface area contributed by atoms with Crippen LogP contribution in [0.1, 0.15) is 43.2 Å². The molecule has 7 heteroatoms. The average molecular weight is 275 g/mol. The van der Waals surface area contributed by atoms with Crippen LogP contribution in [0, 0.1) is 5.92 Å². The number of aliphatic hydroxyl groups is 1. The summed E-state index contributed by atoms with van der Waals surface area (Å²) < 4.78 is 27.3. The molecule has 2 N–H and O–H groups in total. The number of halogens is 2. The minimum atomic E-state index is -2.77. The van der Waals surface area contributed by atoms with Crippen LogP contribution in [0.25, 0.3) is 0 Å². The molecule has 0 spiro atoms. The van der Waals surface area contributed by atoms with Gasteiger partial charge in [0.2, 0.25) is 0 Å². The Hall–Kier alpha value is -1.50. The van der Waals surface area contributed by atoms with Crippen LogP contribution in [0.5, 0.6) is 0 Å². The molecule has 19 heavy (non-hydrogen) atoms. The molecule has 1 amide bonds. The molecule has 1 aromatic rings. The van der Waals surface area contributed by atoms with Crippen molar-refractivity contribution >= 4 is 5.91 Å². The number of nitrogens with one attached hydrogen (secondary N) is 1. The van der Waals surface area contributed by atoms with Crippen LogP contribution < -0.4 is 5.32 Å². The van der Waals surface area contributed by atoms with Crippen molar-refractivity contribution in [1.82, 2.24) is 15.1 Å². The van der Waals surface area contributed by atoms with Crippen LogP contribution in [0.15, 0.2) is 6.20 Å². The Morgan fingerprint density at radius 1 is 1.47 bits per heavy atom. The normalized spacial score (nSPS) is 13.1. The molecule has 1 atom stereocenters. The van der Waals surface area contributed by atoms with Crippen molar-refractivity contribution in [2.45, 2.75) is 39.8 Å². The molecule has 0 aromatic carbocycles. The van der Waals surface area contributed by atoms with Crippen LogP contribution >= 0.6 is 0 Å². The van der Waals surface area contributed by atoms with E-state index in [2.05, 4.69) is 10.4 Å². The van der Waals surface area contributed by atoms with E-state index in [4.69, 9.17) is 5.11 Å². The third kappa shape index (κ3) is 3.99. The lowest BCUT2D eigenvalue weighted by atomic mass is 10.2. The van der Waals surface area contributed by atoms with E-state index in [1.165, 1.54) is 0 Å². The quantitative estimate of drug-likeness (QED) is 0.828. The lowest BCUT2D eigenvalue weighted by Gasteiger charge is -2.13. The van der Waals surface area contributed by atoms with Gasteiger partial charge < -0.3 is 10.4 Å². The summed E-state index contributed by atoms with van der Waals surface area (Å²) in [7, 11) is 0. The number of hydrogen-bond acceptors (Lipinski definition) is 3. The van der Waals surface area contributed by atoms with Crippen LogP contribution in [0.3, 0.4) is 0 Å². The number of amides is 1. The van der Waals surface area contributed by atoms with Crippen LogP contribution in [0.2, 0.25) is 0 Å². The van der Waals surface area contributed by atoms with Gasteiger partial charge in [-0.15, -0.1) is 0 Å². The highest BCUT2D eigenvalue weighted by molar-refractivity contribution is 5.95. The molecule has 0 aliphatic carbocycles. The van der Waals surface area contributed by atoms with Gasteiger partial charge in [-0.2, -0.15) is 5.10 Å². The minimum Gasteiger partial charge on any atom is -0.394 e. The van der Waals surface area contributed by atoms with Gasteiger partial charge in [0, 0.05) is 12.6 Å². The van der Waals surface area contributed by atoms with Crippen molar-refractivity contribution in [3.8, 4) is 0 Å². The van der Waals surface area contributed by atoms with Crippen molar-refractivity contribution in [1.29, 1.82) is 0 Å². The average Bonchev–Trinajstić information content (AvgIpc) is 2.71. The molecule has 1 aromatic heterocycles. The summed E-state index contributed by atoms with van der Waals surface area (Å²) in [6.45, 7) is 5.41. The fraction of sp³-hybridized carbons (Fsp3) is 0.667. The topological polar surface area (TPSA) is 67.2 Å². The maximum absolute atomic E-state index is 13.1. The zero-order chi connectivity index (χ0) is 14.6. The Bertz CT molecular complexity index is 433. The summed E-state index contributed by atoms with van der Waals surface area (Å²) in [5.41, 5.74) is -0.521. The molecular weight excluding hydrogens is 256 g/mol. The fourth-order valence-corrected chi connectivity index (χ4v) is 1.64. The highest BCUT2D eigenvalue weighted by atomic mass is 19.3. The van der Waals surface area contributed by atoms with E-state index in [0.717, 1.165) is 10.9 Å². The van der Waals surface area contributed by atoms with Crippen LogP contribution in [-0.4, -0.2) is 33.4 Å². The maximum Gasteiger partial charge on any atom is 0.280 e. The van der Waals surface area contributed by atoms with Gasteiger partial charge in [0.15, 0.2) is 0 Å². The lowest BCUT2D eigenvalue weighted by molar-refractivity contribution is 0.0904. The van der Waals surface area contributed by atoms with Gasteiger partial charge in [0.05, 0.1) is 18.4 Å². The van der Waals surface area contributed by atoms with E-state index in [9.17, 15) is 13.6 Å². The third-order valence-corrected chi connectivity index (χ3v) is 2.52. The Balaban J connectivity index is 3.00. The molecule has 108 valence electrons. The van der Waals surface area contributed by atoms with Gasteiger partial charge in [0.25, 0.3) is 12.3 Å². The molecule has 0 aliphatic heterocycles. The van der Waals surface area contributed by atoms with Crippen LogP contribution in [-0.2, 0) is 6.54 Å². The Morgan fingerprint density at radius 3 is 2.58 bits per heavy atom. The third-order valence-electron chi connectivity index (χ3n) is 2.52. The number of aliphatic hydroxyl groups excluding tert-OH is 1. The second-order valence-electron chi connectivity index (χ2n) is 4.88. The monoisotopic (exact) mass is 275 g/mol. The standard InChI is InChI=1S/C12H19F2N3O2/c1-7(2)5-17-10(11(13)14)9(4-15-17)12(19)16-8(3)6-18/h4,7-8,11,18H,5-6H2,1-3H3,(H,16,19). The number of nitrogens with zero attached hydrogens (tertiary/aromatic N) is 2. The van der Waals surface area contributed by atoms with Gasteiger partial charge in [-0.3, -0.25) is 9.48 Å². The number of carbonyl (C=O) groups excluding carboxylic acids is 1. The van der Waals surface area contributed by atoms with E-state index in [0.29, 0.717) is 6.54 Å². The SMILES string of the molecule is CC(C)Cn1ncc(C(=O)NC(C)CO)c1C(F)F. The summed E-state index contributed by atoms with van der Waals surface area (Å²) in [6, 6.07) is -0.494. The Labute approximate surface area is 110 Å². The predicted octanol–water partition coefficient (Wildman–Crippen LogP) is 1.59. The second kappa shape index (κ2) is 6.60. The largest absolute Gasteiger partial charge is 0.394 e. The first-order valence-corrected chi connectivity index (χ1v) is 6.12. The summed E-state index contributed by atoms with van der Waals surface area (Å²) in [5, 5.41) is 15.1. The first-order valence-electron chi connectivity index (χ1n) is 6.12. The summed E-state index contributed by atoms with van der Waals surface area (Å²) in [6.07, 6.45) is -1.63. The van der Waals surface area contributed by atoms with Crippen molar-refractivity contribution in [3.05, 3.63) is 17.5 Å². The number of alkyl halides is 2. The molecule has 0 aliphatic rings. The van der Waals surface area contributed by atoms with Gasteiger partial charge in [-0.25, -0.2) is 8.78 Å². The zero-order valence-electron chi connectivity index (χ0n) is 11.2. The summed E-state index contributed by atoms with van der Waals surface area (Å²) >= 11 is 0. The number of rotatable bonds is 6. The van der Waals surface area contributed by atoms with Gasteiger partial charge in [-0.1, -0.05) is 13.8 Å². The lowest BCUT2D eigenvalue weighted by Crippen LogP contribution is -2.35. The van der Waals surface area contributed by atoms with Crippen molar-refractivity contribution in [2.24, 2.45) is 5.92 Å². The van der Waals surface area contributed by atoms with E-state index >= 15 is 0 Å². The zero-order valence-corrected chi connectivity index (χ0v) is 11.2. The van der Waals surface area contributed by atoms with Crippen molar-refractivity contribution in [2.75, 3.05) is 6.61 Å². The molecular formula is C12H19F2N3O2. The predicted molar refractivity (Wildman–Crippen MR) is 66.0 cm³/mol. The molecule has 0 saturated heterocycles. The summed E-state index contributed by atoms with van der Waals surface area (Å²) in [4.78, 5) is 11.8. The Morgan fingerprint density at radius 2 is 2.11 bits per heavy atom. The van der Waals surface area contributed by atoms with E-state index in [1.54, 1.807) is 6.92 Å². The molecule has 0 radical (unpaired) electrons. The fourth-order valence-electron chi connectivity index (χ4n) is 1.64. The van der Waals surface area contributed by atoms with E-state index in [1.807, 2.05) is 13.8 Å². The second-order valence-corrected chi connectivity index (χ2v) is 4.88. The smallest absolute Gasteiger partial charge is 0.280 e. The van der Waals surface area contributed by atoms with Gasteiger partial charge >= 0.3 is 0 Å².